The molecular formula is C55H56N2O3. The lowest BCUT2D eigenvalue weighted by molar-refractivity contribution is 0.0724. The van der Waals surface area contributed by atoms with Crippen LogP contribution in [0.5, 0.6) is 17.2 Å². The summed E-state index contributed by atoms with van der Waals surface area (Å²) < 4.78 is 12.8. The maximum absolute atomic E-state index is 13.2. The van der Waals surface area contributed by atoms with Gasteiger partial charge in [-0.2, -0.15) is 0 Å². The van der Waals surface area contributed by atoms with Crippen LogP contribution in [-0.4, -0.2) is 11.4 Å². The summed E-state index contributed by atoms with van der Waals surface area (Å²) in [5.41, 5.74) is 8.62. The molecule has 60 heavy (non-hydrogen) atoms. The molecule has 0 aliphatic heterocycles. The summed E-state index contributed by atoms with van der Waals surface area (Å²) in [5, 5.41) is 0. The van der Waals surface area contributed by atoms with Crippen LogP contribution in [0.4, 0.5) is 34.1 Å². The molecule has 2 unspecified atom stereocenters. The zero-order valence-corrected chi connectivity index (χ0v) is 35.6. The summed E-state index contributed by atoms with van der Waals surface area (Å²) in [6, 6.07) is 61.5. The second-order valence-corrected chi connectivity index (χ2v) is 15.7. The SMILES string of the molecule is CCCCC(C)(CC)Oc1ccc(N(c2ccccc2)c2ccc(N(c3ccccc3)c3ccc(Oc4ccc(C(=O)c5ccc(C(C)CC)cc5)cc4)cc3)cc2)cc1. The van der Waals surface area contributed by atoms with E-state index < -0.39 is 0 Å². The molecule has 0 saturated carbocycles. The van der Waals surface area contributed by atoms with Crippen molar-refractivity contribution in [3.8, 4) is 17.2 Å². The first-order valence-corrected chi connectivity index (χ1v) is 21.4. The smallest absolute Gasteiger partial charge is 0.193 e. The number of unbranched alkanes of at least 4 members (excludes halogenated alkanes) is 1. The highest BCUT2D eigenvalue weighted by atomic mass is 16.5. The summed E-state index contributed by atoms with van der Waals surface area (Å²) in [6.45, 7) is 11.0. The molecule has 0 aliphatic carbocycles. The van der Waals surface area contributed by atoms with Crippen molar-refractivity contribution >= 4 is 39.9 Å². The van der Waals surface area contributed by atoms with Gasteiger partial charge in [0.15, 0.2) is 5.78 Å². The zero-order valence-electron chi connectivity index (χ0n) is 35.6. The molecule has 7 aromatic carbocycles. The molecule has 7 rings (SSSR count). The fraction of sp³-hybridized carbons (Fsp3) is 0.218. The number of benzene rings is 7. The van der Waals surface area contributed by atoms with Gasteiger partial charge in [0.25, 0.3) is 0 Å². The van der Waals surface area contributed by atoms with Gasteiger partial charge in [0.2, 0.25) is 0 Å². The van der Waals surface area contributed by atoms with E-state index in [1.807, 2.05) is 60.7 Å². The van der Waals surface area contributed by atoms with E-state index in [0.717, 1.165) is 72.0 Å². The number of rotatable bonds is 18. The summed E-state index contributed by atoms with van der Waals surface area (Å²) in [7, 11) is 0. The molecule has 5 heteroatoms. The second kappa shape index (κ2) is 19.4. The Morgan fingerprint density at radius 3 is 1.32 bits per heavy atom. The van der Waals surface area contributed by atoms with E-state index in [0.29, 0.717) is 28.5 Å². The van der Waals surface area contributed by atoms with Crippen molar-refractivity contribution in [2.45, 2.75) is 78.2 Å². The number of anilines is 6. The average molecular weight is 793 g/mol. The van der Waals surface area contributed by atoms with Crippen molar-refractivity contribution in [2.24, 2.45) is 0 Å². The minimum absolute atomic E-state index is 0.000244. The van der Waals surface area contributed by atoms with Crippen LogP contribution in [0.3, 0.4) is 0 Å². The first-order chi connectivity index (χ1) is 29.3. The van der Waals surface area contributed by atoms with Crippen LogP contribution in [0.15, 0.2) is 182 Å². The number of ether oxygens (including phenoxy) is 2. The molecule has 2 atom stereocenters. The molecule has 0 radical (unpaired) electrons. The van der Waals surface area contributed by atoms with E-state index in [-0.39, 0.29) is 11.4 Å². The monoisotopic (exact) mass is 792 g/mol. The highest BCUT2D eigenvalue weighted by molar-refractivity contribution is 6.09. The Morgan fingerprint density at radius 1 is 0.517 bits per heavy atom. The van der Waals surface area contributed by atoms with Crippen molar-refractivity contribution in [1.29, 1.82) is 0 Å². The third-order valence-electron chi connectivity index (χ3n) is 11.5. The van der Waals surface area contributed by atoms with Crippen LogP contribution in [0.1, 0.15) is 94.1 Å². The molecule has 7 aromatic rings. The van der Waals surface area contributed by atoms with Crippen LogP contribution in [0.2, 0.25) is 0 Å². The summed E-state index contributed by atoms with van der Waals surface area (Å²) >= 11 is 0. The Bertz CT molecular complexity index is 2400. The quantitative estimate of drug-likeness (QED) is 0.0810. The normalized spacial score (nSPS) is 12.6. The van der Waals surface area contributed by atoms with Gasteiger partial charge in [-0.3, -0.25) is 4.79 Å². The third kappa shape index (κ3) is 9.98. The van der Waals surface area contributed by atoms with Crippen molar-refractivity contribution in [3.63, 3.8) is 0 Å². The number of nitrogens with zero attached hydrogens (tertiary/aromatic N) is 2. The minimum atomic E-state index is -0.180. The van der Waals surface area contributed by atoms with E-state index in [4.69, 9.17) is 9.47 Å². The van der Waals surface area contributed by atoms with Gasteiger partial charge in [0, 0.05) is 45.3 Å². The molecule has 0 amide bonds. The number of hydrogen-bond acceptors (Lipinski definition) is 5. The number of hydrogen-bond donors (Lipinski definition) is 0. The Morgan fingerprint density at radius 2 is 0.900 bits per heavy atom. The molecule has 0 saturated heterocycles. The van der Waals surface area contributed by atoms with Gasteiger partial charge in [-0.15, -0.1) is 0 Å². The van der Waals surface area contributed by atoms with Gasteiger partial charge in [-0.05, 0) is 165 Å². The van der Waals surface area contributed by atoms with Gasteiger partial charge in [-0.1, -0.05) is 94.8 Å². The largest absolute Gasteiger partial charge is 0.488 e. The van der Waals surface area contributed by atoms with E-state index in [1.54, 1.807) is 0 Å². The van der Waals surface area contributed by atoms with Crippen LogP contribution < -0.4 is 19.3 Å². The van der Waals surface area contributed by atoms with Crippen molar-refractivity contribution in [1.82, 2.24) is 0 Å². The molecule has 5 nitrogen and oxygen atoms in total. The van der Waals surface area contributed by atoms with Gasteiger partial charge in [0.1, 0.15) is 22.8 Å². The first kappa shape index (κ1) is 41.6. The highest BCUT2D eigenvalue weighted by Gasteiger charge is 2.24. The van der Waals surface area contributed by atoms with E-state index >= 15 is 0 Å². The van der Waals surface area contributed by atoms with Crippen molar-refractivity contribution in [2.75, 3.05) is 9.80 Å². The van der Waals surface area contributed by atoms with E-state index in [9.17, 15) is 4.79 Å². The molecule has 0 heterocycles. The predicted octanol–water partition coefficient (Wildman–Crippen LogP) is 15.9. The molecular weight excluding hydrogens is 737 g/mol. The van der Waals surface area contributed by atoms with Gasteiger partial charge < -0.3 is 19.3 Å². The number of para-hydroxylation sites is 2. The zero-order chi connectivity index (χ0) is 41.9. The number of ketones is 1. The van der Waals surface area contributed by atoms with Crippen LogP contribution in [0.25, 0.3) is 0 Å². The molecule has 0 N–H and O–H groups in total. The topological polar surface area (TPSA) is 42.0 Å². The lowest BCUT2D eigenvalue weighted by Crippen LogP contribution is -2.31. The number of carbonyl (C=O) groups is 1. The predicted molar refractivity (Wildman–Crippen MR) is 250 cm³/mol. The molecule has 0 spiro atoms. The van der Waals surface area contributed by atoms with E-state index in [1.165, 1.54) is 5.56 Å². The van der Waals surface area contributed by atoms with Gasteiger partial charge in [-0.25, -0.2) is 0 Å². The molecule has 0 aromatic heterocycles. The lowest BCUT2D eigenvalue weighted by atomic mass is 9.95. The second-order valence-electron chi connectivity index (χ2n) is 15.7. The minimum Gasteiger partial charge on any atom is -0.488 e. The highest BCUT2D eigenvalue weighted by Crippen LogP contribution is 2.40. The Hall–Kier alpha value is -6.59. The maximum atomic E-state index is 13.2. The fourth-order valence-electron chi connectivity index (χ4n) is 7.44. The summed E-state index contributed by atoms with van der Waals surface area (Å²) in [4.78, 5) is 17.7. The average Bonchev–Trinajstić information content (AvgIpc) is 3.30. The van der Waals surface area contributed by atoms with Crippen LogP contribution in [-0.2, 0) is 0 Å². The van der Waals surface area contributed by atoms with Gasteiger partial charge in [0.05, 0.1) is 0 Å². The third-order valence-corrected chi connectivity index (χ3v) is 11.5. The number of carbonyl (C=O) groups excluding carboxylic acids is 1. The van der Waals surface area contributed by atoms with Gasteiger partial charge >= 0.3 is 0 Å². The molecule has 304 valence electrons. The Balaban J connectivity index is 1.09. The van der Waals surface area contributed by atoms with Crippen molar-refractivity contribution in [3.05, 3.63) is 199 Å². The Labute approximate surface area is 356 Å². The molecule has 0 bridgehead atoms. The molecule has 0 aliphatic rings. The fourth-order valence-corrected chi connectivity index (χ4v) is 7.44. The van der Waals surface area contributed by atoms with Crippen LogP contribution in [0, 0.1) is 0 Å². The Kier molecular flexibility index (Phi) is 13.5. The van der Waals surface area contributed by atoms with E-state index in [2.05, 4.69) is 166 Å². The summed E-state index contributed by atoms with van der Waals surface area (Å²) in [6.07, 6.45) is 5.37. The first-order valence-electron chi connectivity index (χ1n) is 21.4. The summed E-state index contributed by atoms with van der Waals surface area (Å²) in [5.74, 6) is 2.73. The lowest BCUT2D eigenvalue weighted by Gasteiger charge is -2.31. The standard InChI is InChI=1S/C55H56N2O3/c1-6-9-40-55(5,8-3)60-53-38-32-50(33-39-53)57(46-18-14-11-15-19-46)48-28-26-47(27-29-48)56(45-16-12-10-13-17-45)49-30-36-52(37-31-49)59-51-34-24-44(25-35-51)54(58)43-22-20-42(21-23-43)41(4)7-2/h10-39,41H,6-9,40H2,1-5H3. The maximum Gasteiger partial charge on any atom is 0.193 e. The molecule has 0 fully saturated rings. The van der Waals surface area contributed by atoms with Crippen LogP contribution >= 0.6 is 0 Å². The van der Waals surface area contributed by atoms with Crippen molar-refractivity contribution < 1.29 is 14.3 Å².